The molecular weight excluding hydrogens is 349 g/mol. The van der Waals surface area contributed by atoms with Crippen LogP contribution in [0.15, 0.2) is 67.3 Å². The van der Waals surface area contributed by atoms with Crippen molar-refractivity contribution in [3.63, 3.8) is 0 Å². The molecule has 2 aromatic carbocycles. The molecule has 118 valence electrons. The van der Waals surface area contributed by atoms with Gasteiger partial charge in [0.15, 0.2) is 0 Å². The van der Waals surface area contributed by atoms with Crippen LogP contribution in [0.3, 0.4) is 0 Å². The maximum absolute atomic E-state index is 6.35. The van der Waals surface area contributed by atoms with Gasteiger partial charge in [-0.1, -0.05) is 95.5 Å². The Kier molecular flexibility index (Phi) is 4.72. The highest BCUT2D eigenvalue weighted by molar-refractivity contribution is 6.68. The van der Waals surface area contributed by atoms with Crippen molar-refractivity contribution >= 4 is 46.6 Å². The Morgan fingerprint density at radius 1 is 1.00 bits per heavy atom. The summed E-state index contributed by atoms with van der Waals surface area (Å²) in [7, 11) is 0. The number of hydrogen-bond donors (Lipinski definition) is 0. The number of halogens is 3. The molecule has 0 amide bonds. The lowest BCUT2D eigenvalue weighted by Gasteiger charge is -2.42. The third kappa shape index (κ3) is 3.28. The average molecular weight is 365 g/mol. The van der Waals surface area contributed by atoms with E-state index in [1.165, 1.54) is 0 Å². The zero-order valence-electron chi connectivity index (χ0n) is 12.4. The first-order valence-corrected chi connectivity index (χ1v) is 8.46. The molecule has 0 saturated carbocycles. The van der Waals surface area contributed by atoms with Crippen molar-refractivity contribution in [1.82, 2.24) is 4.90 Å². The number of hydrogen-bond acceptors (Lipinski definition) is 1. The molecule has 1 aliphatic rings. The van der Waals surface area contributed by atoms with E-state index in [1.54, 1.807) is 0 Å². The first kappa shape index (κ1) is 16.4. The first-order valence-electron chi connectivity index (χ1n) is 7.32. The Morgan fingerprint density at radius 2 is 1.65 bits per heavy atom. The van der Waals surface area contributed by atoms with Crippen LogP contribution in [-0.4, -0.2) is 15.2 Å². The highest BCUT2D eigenvalue weighted by Crippen LogP contribution is 2.50. The highest BCUT2D eigenvalue weighted by atomic mass is 35.6. The lowest BCUT2D eigenvalue weighted by Crippen LogP contribution is -2.38. The zero-order valence-corrected chi connectivity index (χ0v) is 14.7. The third-order valence-electron chi connectivity index (χ3n) is 3.91. The molecule has 0 bridgehead atoms. The van der Waals surface area contributed by atoms with Gasteiger partial charge in [-0.05, 0) is 22.8 Å². The lowest BCUT2D eigenvalue weighted by molar-refractivity contribution is 0.326. The van der Waals surface area contributed by atoms with Crippen LogP contribution in [0.25, 0.3) is 11.8 Å². The average Bonchev–Trinajstić information content (AvgIpc) is 2.54. The molecule has 4 heteroatoms. The van der Waals surface area contributed by atoms with Gasteiger partial charge in [-0.2, -0.15) is 0 Å². The SMILES string of the molecule is C=CCN1C(c2ccccc2)=Cc2ccccc2C1C(Cl)(Cl)Cl. The van der Waals surface area contributed by atoms with Gasteiger partial charge in [0.2, 0.25) is 3.79 Å². The van der Waals surface area contributed by atoms with E-state index >= 15 is 0 Å². The van der Waals surface area contributed by atoms with Crippen LogP contribution in [0, 0.1) is 0 Å². The van der Waals surface area contributed by atoms with E-state index in [1.807, 2.05) is 48.5 Å². The van der Waals surface area contributed by atoms with E-state index in [-0.39, 0.29) is 6.04 Å². The van der Waals surface area contributed by atoms with Gasteiger partial charge in [-0.25, -0.2) is 0 Å². The summed E-state index contributed by atoms with van der Waals surface area (Å²) in [4.78, 5) is 2.09. The minimum absolute atomic E-state index is 0.373. The summed E-state index contributed by atoms with van der Waals surface area (Å²) in [5.41, 5.74) is 4.20. The van der Waals surface area contributed by atoms with Gasteiger partial charge in [0.1, 0.15) is 6.04 Å². The summed E-state index contributed by atoms with van der Waals surface area (Å²) in [6.45, 7) is 4.45. The minimum Gasteiger partial charge on any atom is -0.356 e. The number of fused-ring (bicyclic) bond motifs is 1. The first-order chi connectivity index (χ1) is 11.0. The van der Waals surface area contributed by atoms with Crippen molar-refractivity contribution in [2.24, 2.45) is 0 Å². The standard InChI is InChI=1S/C19H16Cl3N/c1-2-12-23-17(14-8-4-3-5-9-14)13-15-10-6-7-11-16(15)18(23)19(20,21)22/h2-11,13,18H,1,12H2. The molecule has 0 N–H and O–H groups in total. The molecule has 0 saturated heterocycles. The Balaban J connectivity index is 2.22. The Morgan fingerprint density at radius 3 is 2.30 bits per heavy atom. The number of rotatable bonds is 3. The topological polar surface area (TPSA) is 3.24 Å². The molecule has 0 fully saturated rings. The maximum atomic E-state index is 6.35. The van der Waals surface area contributed by atoms with Crippen LogP contribution >= 0.6 is 34.8 Å². The van der Waals surface area contributed by atoms with Crippen molar-refractivity contribution in [2.75, 3.05) is 6.54 Å². The molecule has 1 aliphatic heterocycles. The van der Waals surface area contributed by atoms with Crippen LogP contribution in [0.4, 0.5) is 0 Å². The molecule has 2 aromatic rings. The molecule has 23 heavy (non-hydrogen) atoms. The molecule has 1 heterocycles. The van der Waals surface area contributed by atoms with Gasteiger partial charge in [-0.3, -0.25) is 0 Å². The molecular formula is C19H16Cl3N. The minimum atomic E-state index is -1.45. The predicted molar refractivity (Wildman–Crippen MR) is 101 cm³/mol. The van der Waals surface area contributed by atoms with Crippen molar-refractivity contribution in [3.05, 3.63) is 83.9 Å². The van der Waals surface area contributed by atoms with Gasteiger partial charge >= 0.3 is 0 Å². The molecule has 0 aliphatic carbocycles. The van der Waals surface area contributed by atoms with Crippen molar-refractivity contribution in [2.45, 2.75) is 9.83 Å². The van der Waals surface area contributed by atoms with E-state index in [0.29, 0.717) is 6.54 Å². The quantitative estimate of drug-likeness (QED) is 0.470. The van der Waals surface area contributed by atoms with Gasteiger partial charge in [0.05, 0.1) is 0 Å². The fourth-order valence-corrected chi connectivity index (χ4v) is 3.69. The molecule has 1 atom stereocenters. The van der Waals surface area contributed by atoms with Crippen LogP contribution in [0.2, 0.25) is 0 Å². The summed E-state index contributed by atoms with van der Waals surface area (Å²) in [5, 5.41) is 0. The molecule has 3 rings (SSSR count). The number of nitrogens with zero attached hydrogens (tertiary/aromatic N) is 1. The second-order valence-electron chi connectivity index (χ2n) is 5.41. The van der Waals surface area contributed by atoms with Crippen molar-refractivity contribution in [3.8, 4) is 0 Å². The monoisotopic (exact) mass is 363 g/mol. The van der Waals surface area contributed by atoms with E-state index in [4.69, 9.17) is 34.8 Å². The van der Waals surface area contributed by atoms with Crippen LogP contribution in [0.5, 0.6) is 0 Å². The van der Waals surface area contributed by atoms with Crippen LogP contribution in [-0.2, 0) is 0 Å². The van der Waals surface area contributed by atoms with E-state index in [9.17, 15) is 0 Å². The third-order valence-corrected chi connectivity index (χ3v) is 4.53. The summed E-state index contributed by atoms with van der Waals surface area (Å²) in [5.74, 6) is 0. The van der Waals surface area contributed by atoms with Gasteiger partial charge in [0.25, 0.3) is 0 Å². The zero-order chi connectivity index (χ0) is 16.4. The number of alkyl halides is 3. The largest absolute Gasteiger partial charge is 0.356 e. The second kappa shape index (κ2) is 6.60. The van der Waals surface area contributed by atoms with E-state index < -0.39 is 3.79 Å². The fraction of sp³-hybridized carbons (Fsp3) is 0.158. The Labute approximate surface area is 151 Å². The normalized spacial score (nSPS) is 17.4. The summed E-state index contributed by atoms with van der Waals surface area (Å²) in [6.07, 6.45) is 3.97. The number of benzene rings is 2. The molecule has 0 aromatic heterocycles. The van der Waals surface area contributed by atoms with Gasteiger partial charge in [0, 0.05) is 12.2 Å². The molecule has 0 radical (unpaired) electrons. The molecule has 1 nitrogen and oxygen atoms in total. The Hall–Kier alpha value is -1.41. The summed E-state index contributed by atoms with van der Waals surface area (Å²) < 4.78 is -1.45. The highest BCUT2D eigenvalue weighted by Gasteiger charge is 2.42. The smallest absolute Gasteiger partial charge is 0.214 e. The van der Waals surface area contributed by atoms with Crippen LogP contribution < -0.4 is 0 Å². The molecule has 1 unspecified atom stereocenters. The van der Waals surface area contributed by atoms with Gasteiger partial charge < -0.3 is 4.90 Å². The summed E-state index contributed by atoms with van der Waals surface area (Å²) >= 11 is 19.1. The summed E-state index contributed by atoms with van der Waals surface area (Å²) in [6, 6.07) is 17.8. The Bertz CT molecular complexity index is 732. The predicted octanol–water partition coefficient (Wildman–Crippen LogP) is 6.10. The second-order valence-corrected chi connectivity index (χ2v) is 7.78. The lowest BCUT2D eigenvalue weighted by atomic mass is 9.92. The van der Waals surface area contributed by atoms with E-state index in [2.05, 4.69) is 29.7 Å². The van der Waals surface area contributed by atoms with Gasteiger partial charge in [-0.15, -0.1) is 6.58 Å². The van der Waals surface area contributed by atoms with Crippen molar-refractivity contribution in [1.29, 1.82) is 0 Å². The fourth-order valence-electron chi connectivity index (χ4n) is 2.98. The molecule has 0 spiro atoms. The van der Waals surface area contributed by atoms with Crippen LogP contribution in [0.1, 0.15) is 22.7 Å². The van der Waals surface area contributed by atoms with Crippen molar-refractivity contribution < 1.29 is 0 Å². The van der Waals surface area contributed by atoms with E-state index in [0.717, 1.165) is 22.4 Å². The maximum Gasteiger partial charge on any atom is 0.214 e.